The van der Waals surface area contributed by atoms with Crippen molar-refractivity contribution in [3.63, 3.8) is 0 Å². The van der Waals surface area contributed by atoms with Crippen LogP contribution in [0.1, 0.15) is 54.4 Å². The molecular formula is C28H33Cl2N3O3. The summed E-state index contributed by atoms with van der Waals surface area (Å²) in [6.45, 7) is 3.84. The molecule has 0 unspecified atom stereocenters. The molecule has 0 spiro atoms. The quantitative estimate of drug-likeness (QED) is 0.588. The molecule has 3 fully saturated rings. The van der Waals surface area contributed by atoms with Gasteiger partial charge in [-0.2, -0.15) is 0 Å². The molecule has 8 heteroatoms. The monoisotopic (exact) mass is 529 g/mol. The molecule has 0 aromatic heterocycles. The van der Waals surface area contributed by atoms with E-state index >= 15 is 0 Å². The number of likely N-dealkylation sites (tertiary alicyclic amines) is 1. The summed E-state index contributed by atoms with van der Waals surface area (Å²) in [6, 6.07) is 11.3. The predicted octanol–water partition coefficient (Wildman–Crippen LogP) is 5.05. The second kappa shape index (κ2) is 11.1. The Bertz CT molecular complexity index is 1090. The van der Waals surface area contributed by atoms with Gasteiger partial charge in [0, 0.05) is 54.3 Å². The van der Waals surface area contributed by atoms with Gasteiger partial charge in [0.1, 0.15) is 0 Å². The number of piperidine rings is 2. The lowest BCUT2D eigenvalue weighted by atomic mass is 9.95. The van der Waals surface area contributed by atoms with E-state index in [1.54, 1.807) is 4.90 Å². The average molecular weight is 530 g/mol. The number of nitrogens with zero attached hydrogens (tertiary/aromatic N) is 3. The number of aliphatic hydroxyl groups is 1. The Labute approximate surface area is 222 Å². The van der Waals surface area contributed by atoms with Gasteiger partial charge in [-0.3, -0.25) is 14.6 Å². The minimum atomic E-state index is -0.311. The van der Waals surface area contributed by atoms with Gasteiger partial charge in [-0.05, 0) is 79.5 Å². The molecule has 1 atom stereocenters. The second-order valence-electron chi connectivity index (χ2n) is 10.2. The Morgan fingerprint density at radius 1 is 0.861 bits per heavy atom. The SMILES string of the molecule is O=C(c1ccc(-c2cc(Cl)c(C[C@@H]3CCN(N4CCCCC4)C3=O)c(Cl)c2)cc1)N1CCC(O)CC1. The molecule has 3 saturated heterocycles. The van der Waals surface area contributed by atoms with Crippen molar-refractivity contribution in [3.05, 3.63) is 57.6 Å². The fourth-order valence-electron chi connectivity index (χ4n) is 5.58. The molecule has 5 rings (SSSR count). The number of carbonyl (C=O) groups is 2. The first kappa shape index (κ1) is 25.5. The number of aliphatic hydroxyl groups excluding tert-OH is 1. The fraction of sp³-hybridized carbons (Fsp3) is 0.500. The zero-order valence-electron chi connectivity index (χ0n) is 20.5. The minimum absolute atomic E-state index is 0.0142. The Morgan fingerprint density at radius 3 is 2.14 bits per heavy atom. The van der Waals surface area contributed by atoms with E-state index in [9.17, 15) is 14.7 Å². The summed E-state index contributed by atoms with van der Waals surface area (Å²) in [5.41, 5.74) is 3.24. The molecule has 3 aliphatic heterocycles. The molecule has 1 N–H and O–H groups in total. The van der Waals surface area contributed by atoms with Crippen LogP contribution in [-0.4, -0.2) is 70.7 Å². The first-order chi connectivity index (χ1) is 17.4. The van der Waals surface area contributed by atoms with Crippen LogP contribution in [0.5, 0.6) is 0 Å². The van der Waals surface area contributed by atoms with Crippen LogP contribution in [0.15, 0.2) is 36.4 Å². The lowest BCUT2D eigenvalue weighted by molar-refractivity contribution is -0.147. The van der Waals surface area contributed by atoms with Gasteiger partial charge in [0.2, 0.25) is 5.91 Å². The Hall–Kier alpha value is -2.12. The van der Waals surface area contributed by atoms with Crippen LogP contribution in [0.25, 0.3) is 11.1 Å². The van der Waals surface area contributed by atoms with Gasteiger partial charge < -0.3 is 10.0 Å². The molecule has 0 bridgehead atoms. The van der Waals surface area contributed by atoms with E-state index in [1.807, 2.05) is 41.4 Å². The Morgan fingerprint density at radius 2 is 1.50 bits per heavy atom. The van der Waals surface area contributed by atoms with Crippen LogP contribution in [0.4, 0.5) is 0 Å². The third kappa shape index (κ3) is 5.42. The summed E-state index contributed by atoms with van der Waals surface area (Å²) in [6.07, 6.45) is 5.81. The molecule has 2 aromatic rings. The first-order valence-electron chi connectivity index (χ1n) is 13.0. The van der Waals surface area contributed by atoms with Crippen molar-refractivity contribution in [1.82, 2.24) is 14.9 Å². The zero-order chi connectivity index (χ0) is 25.2. The Kier molecular flexibility index (Phi) is 7.87. The summed E-state index contributed by atoms with van der Waals surface area (Å²) in [7, 11) is 0. The third-order valence-electron chi connectivity index (χ3n) is 7.78. The van der Waals surface area contributed by atoms with Crippen molar-refractivity contribution in [1.29, 1.82) is 0 Å². The maximum atomic E-state index is 13.1. The van der Waals surface area contributed by atoms with E-state index in [1.165, 1.54) is 6.42 Å². The summed E-state index contributed by atoms with van der Waals surface area (Å²) in [4.78, 5) is 27.7. The molecule has 2 amide bonds. The van der Waals surface area contributed by atoms with Crippen molar-refractivity contribution in [2.24, 2.45) is 5.92 Å². The lowest BCUT2D eigenvalue weighted by Gasteiger charge is -2.34. The summed E-state index contributed by atoms with van der Waals surface area (Å²) in [5, 5.41) is 15.0. The zero-order valence-corrected chi connectivity index (χ0v) is 22.0. The van der Waals surface area contributed by atoms with E-state index in [0.29, 0.717) is 48.0 Å². The smallest absolute Gasteiger partial charge is 0.253 e. The molecule has 0 radical (unpaired) electrons. The fourth-order valence-corrected chi connectivity index (χ4v) is 6.22. The molecule has 0 aliphatic carbocycles. The highest BCUT2D eigenvalue weighted by Gasteiger charge is 2.36. The van der Waals surface area contributed by atoms with Crippen LogP contribution < -0.4 is 0 Å². The highest BCUT2D eigenvalue weighted by molar-refractivity contribution is 6.36. The standard InChI is InChI=1S/C28H33Cl2N3O3/c29-25-17-22(19-4-6-20(7-5-19)27(35)31-13-9-23(34)10-14-31)18-26(30)24(25)16-21-8-15-33(28(21)36)32-11-2-1-3-12-32/h4-7,17-18,21,23,34H,1-3,8-16H2/t21-/m0/s1. The largest absolute Gasteiger partial charge is 0.393 e. The van der Waals surface area contributed by atoms with Gasteiger partial charge in [-0.1, -0.05) is 41.8 Å². The number of hydrazine groups is 1. The third-order valence-corrected chi connectivity index (χ3v) is 8.45. The van der Waals surface area contributed by atoms with Gasteiger partial charge in [0.25, 0.3) is 5.91 Å². The molecule has 2 aromatic carbocycles. The van der Waals surface area contributed by atoms with Crippen LogP contribution in [0.3, 0.4) is 0 Å². The van der Waals surface area contributed by atoms with Crippen LogP contribution in [0.2, 0.25) is 10.0 Å². The van der Waals surface area contributed by atoms with Crippen molar-refractivity contribution < 1.29 is 14.7 Å². The number of carbonyl (C=O) groups excluding carboxylic acids is 2. The van der Waals surface area contributed by atoms with Crippen molar-refractivity contribution >= 4 is 35.0 Å². The van der Waals surface area contributed by atoms with E-state index < -0.39 is 0 Å². The van der Waals surface area contributed by atoms with Crippen molar-refractivity contribution in [3.8, 4) is 11.1 Å². The molecule has 192 valence electrons. The molecule has 3 heterocycles. The minimum Gasteiger partial charge on any atom is -0.393 e. The summed E-state index contributed by atoms with van der Waals surface area (Å²) < 4.78 is 0. The molecule has 36 heavy (non-hydrogen) atoms. The highest BCUT2D eigenvalue weighted by Crippen LogP contribution is 2.36. The van der Waals surface area contributed by atoms with Crippen LogP contribution in [-0.2, 0) is 11.2 Å². The van der Waals surface area contributed by atoms with Gasteiger partial charge in [-0.25, -0.2) is 5.01 Å². The van der Waals surface area contributed by atoms with E-state index in [2.05, 4.69) is 5.01 Å². The van der Waals surface area contributed by atoms with E-state index in [0.717, 1.165) is 55.6 Å². The summed E-state index contributed by atoms with van der Waals surface area (Å²) in [5.74, 6) is 0.0604. The number of hydrogen-bond donors (Lipinski definition) is 1. The van der Waals surface area contributed by atoms with E-state index in [4.69, 9.17) is 23.2 Å². The number of rotatable bonds is 5. The maximum absolute atomic E-state index is 13.1. The molecule has 6 nitrogen and oxygen atoms in total. The number of halogens is 2. The predicted molar refractivity (Wildman–Crippen MR) is 142 cm³/mol. The second-order valence-corrected chi connectivity index (χ2v) is 11.0. The molecule has 3 aliphatic rings. The normalized spacial score (nSPS) is 21.9. The van der Waals surface area contributed by atoms with Crippen LogP contribution >= 0.6 is 23.2 Å². The molecular weight excluding hydrogens is 497 g/mol. The van der Waals surface area contributed by atoms with E-state index in [-0.39, 0.29) is 23.8 Å². The topological polar surface area (TPSA) is 64.1 Å². The maximum Gasteiger partial charge on any atom is 0.253 e. The van der Waals surface area contributed by atoms with Gasteiger partial charge in [0.05, 0.1) is 6.10 Å². The Balaban J connectivity index is 1.26. The van der Waals surface area contributed by atoms with Crippen molar-refractivity contribution in [2.45, 2.75) is 51.0 Å². The van der Waals surface area contributed by atoms with Gasteiger partial charge >= 0.3 is 0 Å². The van der Waals surface area contributed by atoms with Crippen LogP contribution in [0, 0.1) is 5.92 Å². The first-order valence-corrected chi connectivity index (χ1v) is 13.8. The van der Waals surface area contributed by atoms with Crippen molar-refractivity contribution in [2.75, 3.05) is 32.7 Å². The lowest BCUT2D eigenvalue weighted by Crippen LogP contribution is -2.47. The number of benzene rings is 2. The summed E-state index contributed by atoms with van der Waals surface area (Å²) >= 11 is 13.4. The molecule has 0 saturated carbocycles. The highest BCUT2D eigenvalue weighted by atomic mass is 35.5. The number of amides is 2. The van der Waals surface area contributed by atoms with Gasteiger partial charge in [-0.15, -0.1) is 0 Å². The average Bonchev–Trinajstić information content (AvgIpc) is 3.26. The number of hydrogen-bond acceptors (Lipinski definition) is 4. The van der Waals surface area contributed by atoms with Gasteiger partial charge in [0.15, 0.2) is 0 Å².